The summed E-state index contributed by atoms with van der Waals surface area (Å²) in [5.74, 6) is 0.537. The highest BCUT2D eigenvalue weighted by molar-refractivity contribution is 6.35. The van der Waals surface area contributed by atoms with E-state index in [0.717, 1.165) is 19.3 Å². The smallest absolute Gasteiger partial charge is 0.144 e. The Kier molecular flexibility index (Phi) is 4.32. The normalized spacial score (nSPS) is 19.4. The van der Waals surface area contributed by atoms with Gasteiger partial charge in [0.15, 0.2) is 0 Å². The molecule has 0 aromatic heterocycles. The SMILES string of the molecule is OCc1cc(Cl)cc(Cl)c1OC1C=CCCC1. The molecule has 0 aliphatic heterocycles. The van der Waals surface area contributed by atoms with Gasteiger partial charge in [-0.1, -0.05) is 29.3 Å². The Labute approximate surface area is 111 Å². The van der Waals surface area contributed by atoms with E-state index in [1.807, 2.05) is 6.08 Å². The van der Waals surface area contributed by atoms with Crippen molar-refractivity contribution in [3.8, 4) is 5.75 Å². The first-order valence-electron chi connectivity index (χ1n) is 5.63. The molecule has 0 heterocycles. The van der Waals surface area contributed by atoms with E-state index in [2.05, 4.69) is 6.08 Å². The van der Waals surface area contributed by atoms with Crippen molar-refractivity contribution >= 4 is 23.2 Å². The van der Waals surface area contributed by atoms with Crippen molar-refractivity contribution in [1.82, 2.24) is 0 Å². The van der Waals surface area contributed by atoms with Gasteiger partial charge in [0.1, 0.15) is 11.9 Å². The van der Waals surface area contributed by atoms with Gasteiger partial charge in [-0.15, -0.1) is 0 Å². The molecule has 1 atom stereocenters. The summed E-state index contributed by atoms with van der Waals surface area (Å²) in [5.41, 5.74) is 0.626. The van der Waals surface area contributed by atoms with Crippen LogP contribution in [0.25, 0.3) is 0 Å². The fourth-order valence-corrected chi connectivity index (χ4v) is 2.47. The first kappa shape index (κ1) is 12.7. The molecule has 2 rings (SSSR count). The highest BCUT2D eigenvalue weighted by Crippen LogP contribution is 2.34. The molecule has 0 fully saturated rings. The molecule has 0 bridgehead atoms. The Balaban J connectivity index is 2.24. The van der Waals surface area contributed by atoms with Crippen molar-refractivity contribution in [2.24, 2.45) is 0 Å². The van der Waals surface area contributed by atoms with Gasteiger partial charge in [0.2, 0.25) is 0 Å². The van der Waals surface area contributed by atoms with Crippen LogP contribution in [0.1, 0.15) is 24.8 Å². The van der Waals surface area contributed by atoms with Gasteiger partial charge in [-0.05, 0) is 37.5 Å². The van der Waals surface area contributed by atoms with Crippen LogP contribution in [-0.4, -0.2) is 11.2 Å². The van der Waals surface area contributed by atoms with Crippen molar-refractivity contribution in [3.05, 3.63) is 39.9 Å². The Bertz CT molecular complexity index is 430. The molecule has 4 heteroatoms. The topological polar surface area (TPSA) is 29.5 Å². The van der Waals surface area contributed by atoms with Crippen molar-refractivity contribution < 1.29 is 9.84 Å². The molecular weight excluding hydrogens is 259 g/mol. The van der Waals surface area contributed by atoms with E-state index in [1.54, 1.807) is 12.1 Å². The Morgan fingerprint density at radius 2 is 2.18 bits per heavy atom. The number of ether oxygens (including phenoxy) is 1. The number of hydrogen-bond donors (Lipinski definition) is 1. The van der Waals surface area contributed by atoms with Gasteiger partial charge < -0.3 is 9.84 Å². The number of hydrogen-bond acceptors (Lipinski definition) is 2. The highest BCUT2D eigenvalue weighted by Gasteiger charge is 2.15. The van der Waals surface area contributed by atoms with Crippen LogP contribution in [0.15, 0.2) is 24.3 Å². The average molecular weight is 273 g/mol. The second-order valence-electron chi connectivity index (χ2n) is 4.05. The molecule has 0 spiro atoms. The lowest BCUT2D eigenvalue weighted by molar-refractivity contribution is 0.216. The molecule has 0 saturated carbocycles. The van der Waals surface area contributed by atoms with Crippen molar-refractivity contribution in [3.63, 3.8) is 0 Å². The maximum absolute atomic E-state index is 9.28. The fraction of sp³-hybridized carbons (Fsp3) is 0.385. The van der Waals surface area contributed by atoms with Crippen molar-refractivity contribution in [2.75, 3.05) is 0 Å². The van der Waals surface area contributed by atoms with E-state index in [4.69, 9.17) is 27.9 Å². The lowest BCUT2D eigenvalue weighted by Gasteiger charge is -2.21. The number of halogens is 2. The van der Waals surface area contributed by atoms with Crippen LogP contribution < -0.4 is 4.74 Å². The summed E-state index contributed by atoms with van der Waals surface area (Å²) >= 11 is 12.0. The van der Waals surface area contributed by atoms with E-state index >= 15 is 0 Å². The fourth-order valence-electron chi connectivity index (χ4n) is 1.89. The van der Waals surface area contributed by atoms with Crippen LogP contribution in [0, 0.1) is 0 Å². The first-order chi connectivity index (χ1) is 8.20. The number of aliphatic hydroxyl groups is 1. The zero-order chi connectivity index (χ0) is 12.3. The summed E-state index contributed by atoms with van der Waals surface area (Å²) in [6, 6.07) is 3.31. The van der Waals surface area contributed by atoms with Gasteiger partial charge in [-0.25, -0.2) is 0 Å². The highest BCUT2D eigenvalue weighted by atomic mass is 35.5. The zero-order valence-electron chi connectivity index (χ0n) is 9.33. The average Bonchev–Trinajstić information content (AvgIpc) is 2.33. The Morgan fingerprint density at radius 1 is 1.35 bits per heavy atom. The van der Waals surface area contributed by atoms with Gasteiger partial charge in [0, 0.05) is 10.6 Å². The Hall–Kier alpha value is -0.700. The summed E-state index contributed by atoms with van der Waals surface area (Å²) in [6.45, 7) is -0.133. The van der Waals surface area contributed by atoms with Crippen LogP contribution in [-0.2, 0) is 6.61 Å². The quantitative estimate of drug-likeness (QED) is 0.844. The monoisotopic (exact) mass is 272 g/mol. The van der Waals surface area contributed by atoms with E-state index in [-0.39, 0.29) is 12.7 Å². The molecule has 1 aromatic rings. The molecule has 0 saturated heterocycles. The summed E-state index contributed by atoms with van der Waals surface area (Å²) in [5, 5.41) is 10.2. The predicted molar refractivity (Wildman–Crippen MR) is 69.8 cm³/mol. The zero-order valence-corrected chi connectivity index (χ0v) is 10.8. The van der Waals surface area contributed by atoms with Gasteiger partial charge in [-0.2, -0.15) is 0 Å². The van der Waals surface area contributed by atoms with Crippen LogP contribution >= 0.6 is 23.2 Å². The minimum atomic E-state index is -0.133. The molecule has 1 unspecified atom stereocenters. The number of rotatable bonds is 3. The van der Waals surface area contributed by atoms with Crippen molar-refractivity contribution in [2.45, 2.75) is 32.0 Å². The van der Waals surface area contributed by atoms with E-state index in [9.17, 15) is 5.11 Å². The number of aliphatic hydroxyl groups excluding tert-OH is 1. The standard InChI is InChI=1S/C13H14Cl2O2/c14-10-6-9(8-16)13(12(15)7-10)17-11-4-2-1-3-5-11/h2,4,6-7,11,16H,1,3,5,8H2. The van der Waals surface area contributed by atoms with Crippen LogP contribution in [0.5, 0.6) is 5.75 Å². The van der Waals surface area contributed by atoms with Crippen LogP contribution in [0.3, 0.4) is 0 Å². The van der Waals surface area contributed by atoms with Gasteiger partial charge >= 0.3 is 0 Å². The molecule has 1 N–H and O–H groups in total. The van der Waals surface area contributed by atoms with Gasteiger partial charge in [0.05, 0.1) is 11.6 Å². The first-order valence-corrected chi connectivity index (χ1v) is 6.38. The van der Waals surface area contributed by atoms with E-state index in [0.29, 0.717) is 21.4 Å². The second-order valence-corrected chi connectivity index (χ2v) is 4.89. The second kappa shape index (κ2) is 5.76. The molecule has 0 amide bonds. The summed E-state index contributed by atoms with van der Waals surface area (Å²) in [7, 11) is 0. The lowest BCUT2D eigenvalue weighted by atomic mass is 10.1. The van der Waals surface area contributed by atoms with Gasteiger partial charge in [-0.3, -0.25) is 0 Å². The minimum absolute atomic E-state index is 0.0349. The van der Waals surface area contributed by atoms with E-state index < -0.39 is 0 Å². The lowest BCUT2D eigenvalue weighted by Crippen LogP contribution is -2.16. The third kappa shape index (κ3) is 3.15. The van der Waals surface area contributed by atoms with E-state index in [1.165, 1.54) is 0 Å². The maximum Gasteiger partial charge on any atom is 0.144 e. The largest absolute Gasteiger partial charge is 0.484 e. The number of benzene rings is 1. The molecule has 1 aliphatic rings. The van der Waals surface area contributed by atoms with Crippen molar-refractivity contribution in [1.29, 1.82) is 0 Å². The maximum atomic E-state index is 9.28. The minimum Gasteiger partial charge on any atom is -0.484 e. The Morgan fingerprint density at radius 3 is 2.82 bits per heavy atom. The summed E-state index contributed by atoms with van der Waals surface area (Å²) < 4.78 is 5.83. The van der Waals surface area contributed by atoms with Crippen LogP contribution in [0.2, 0.25) is 10.0 Å². The predicted octanol–water partition coefficient (Wildman–Crippen LogP) is 3.97. The van der Waals surface area contributed by atoms with Crippen LogP contribution in [0.4, 0.5) is 0 Å². The third-order valence-corrected chi connectivity index (χ3v) is 3.23. The third-order valence-electron chi connectivity index (χ3n) is 2.74. The molecule has 1 aliphatic carbocycles. The van der Waals surface area contributed by atoms with Gasteiger partial charge in [0.25, 0.3) is 0 Å². The molecule has 17 heavy (non-hydrogen) atoms. The molecule has 0 radical (unpaired) electrons. The molecule has 2 nitrogen and oxygen atoms in total. The summed E-state index contributed by atoms with van der Waals surface area (Å²) in [4.78, 5) is 0. The number of allylic oxidation sites excluding steroid dienone is 1. The molecule has 92 valence electrons. The summed E-state index contributed by atoms with van der Waals surface area (Å²) in [6.07, 6.45) is 7.36. The molecular formula is C13H14Cl2O2. The molecule has 1 aromatic carbocycles.